The molecule has 26 heavy (non-hydrogen) atoms. The Hall–Kier alpha value is -2.93. The van der Waals surface area contributed by atoms with Gasteiger partial charge in [-0.2, -0.15) is 0 Å². The smallest absolute Gasteiger partial charge is 0.238 e. The van der Waals surface area contributed by atoms with Crippen LogP contribution in [0.2, 0.25) is 0 Å². The maximum atomic E-state index is 12.9. The Kier molecular flexibility index (Phi) is 7.11. The molecular weight excluding hydrogens is 337 g/mol. The summed E-state index contributed by atoms with van der Waals surface area (Å²) in [5, 5.41) is 5.45. The predicted octanol–water partition coefficient (Wildman–Crippen LogP) is 2.73. The maximum Gasteiger partial charge on any atom is 0.238 e. The van der Waals surface area contributed by atoms with Crippen molar-refractivity contribution in [2.24, 2.45) is 0 Å². The molecule has 7 heteroatoms. The molecule has 2 amide bonds. The van der Waals surface area contributed by atoms with E-state index in [1.165, 1.54) is 24.3 Å². The van der Waals surface area contributed by atoms with Gasteiger partial charge in [0, 0.05) is 17.4 Å². The van der Waals surface area contributed by atoms with Crippen LogP contribution in [0.1, 0.15) is 6.92 Å². The van der Waals surface area contributed by atoms with Crippen LogP contribution in [0.4, 0.5) is 15.8 Å². The monoisotopic (exact) mass is 359 g/mol. The zero-order chi connectivity index (χ0) is 18.9. The number of likely N-dealkylation sites (N-methyl/N-ethyl adjacent to an activating group) is 1. The molecule has 0 aliphatic rings. The van der Waals surface area contributed by atoms with Crippen LogP contribution in [0.15, 0.2) is 48.5 Å². The number of nitrogens with zero attached hydrogens (tertiary/aromatic N) is 1. The Balaban J connectivity index is 1.86. The molecule has 138 valence electrons. The average molecular weight is 359 g/mol. The van der Waals surface area contributed by atoms with Gasteiger partial charge in [0.05, 0.1) is 20.2 Å². The van der Waals surface area contributed by atoms with E-state index in [1.807, 2.05) is 6.92 Å². The van der Waals surface area contributed by atoms with Crippen molar-refractivity contribution < 1.29 is 18.7 Å². The number of methoxy groups -OCH3 is 1. The summed E-state index contributed by atoms with van der Waals surface area (Å²) in [6.07, 6.45) is 0. The highest BCUT2D eigenvalue weighted by molar-refractivity contribution is 5.94. The molecule has 0 atom stereocenters. The van der Waals surface area contributed by atoms with Gasteiger partial charge in [-0.1, -0.05) is 13.0 Å². The predicted molar refractivity (Wildman–Crippen MR) is 98.8 cm³/mol. The van der Waals surface area contributed by atoms with Gasteiger partial charge in [0.25, 0.3) is 0 Å². The molecule has 0 radical (unpaired) electrons. The molecule has 0 fully saturated rings. The van der Waals surface area contributed by atoms with E-state index in [0.717, 1.165) is 0 Å². The molecule has 0 bridgehead atoms. The van der Waals surface area contributed by atoms with E-state index in [-0.39, 0.29) is 30.7 Å². The fraction of sp³-hybridized carbons (Fsp3) is 0.263. The molecule has 0 aliphatic heterocycles. The summed E-state index contributed by atoms with van der Waals surface area (Å²) in [5.41, 5.74) is 1.13. The highest BCUT2D eigenvalue weighted by atomic mass is 19.1. The number of hydrogen-bond donors (Lipinski definition) is 2. The van der Waals surface area contributed by atoms with Crippen LogP contribution in [0.3, 0.4) is 0 Å². The fourth-order valence-corrected chi connectivity index (χ4v) is 2.32. The summed E-state index contributed by atoms with van der Waals surface area (Å²) in [7, 11) is 1.56. The Labute approximate surface area is 152 Å². The van der Waals surface area contributed by atoms with Gasteiger partial charge in [-0.15, -0.1) is 0 Å². The van der Waals surface area contributed by atoms with Crippen LogP contribution < -0.4 is 15.4 Å². The second kappa shape index (κ2) is 9.53. The number of amides is 2. The number of ether oxygens (including phenoxy) is 1. The van der Waals surface area contributed by atoms with Crippen molar-refractivity contribution in [2.75, 3.05) is 37.4 Å². The minimum Gasteiger partial charge on any atom is -0.497 e. The van der Waals surface area contributed by atoms with Gasteiger partial charge >= 0.3 is 0 Å². The molecule has 0 aromatic heterocycles. The standard InChI is InChI=1S/C19H22FN3O3/c1-3-23(12-18(24)21-15-9-7-14(20)8-10-15)13-19(25)22-16-5-4-6-17(11-16)26-2/h4-11H,3,12-13H2,1-2H3,(H,21,24)(H,22,25). The summed E-state index contributed by atoms with van der Waals surface area (Å²) in [5.74, 6) is -0.219. The van der Waals surface area contributed by atoms with Crippen LogP contribution in [0.5, 0.6) is 5.75 Å². The summed E-state index contributed by atoms with van der Waals surface area (Å²) >= 11 is 0. The fourth-order valence-electron chi connectivity index (χ4n) is 2.32. The van der Waals surface area contributed by atoms with Gasteiger partial charge in [-0.3, -0.25) is 14.5 Å². The van der Waals surface area contributed by atoms with Gasteiger partial charge in [0.1, 0.15) is 11.6 Å². The third-order valence-electron chi connectivity index (χ3n) is 3.66. The van der Waals surface area contributed by atoms with Crippen molar-refractivity contribution in [3.63, 3.8) is 0 Å². The first kappa shape index (κ1) is 19.4. The normalized spacial score (nSPS) is 10.5. The quantitative estimate of drug-likeness (QED) is 0.760. The average Bonchev–Trinajstić information content (AvgIpc) is 2.63. The molecule has 0 saturated heterocycles. The van der Waals surface area contributed by atoms with Crippen LogP contribution in [-0.2, 0) is 9.59 Å². The molecule has 0 unspecified atom stereocenters. The number of rotatable bonds is 8. The maximum absolute atomic E-state index is 12.9. The SMILES string of the molecule is CCN(CC(=O)Nc1ccc(F)cc1)CC(=O)Nc1cccc(OC)c1. The number of benzene rings is 2. The van der Waals surface area contributed by atoms with Crippen molar-refractivity contribution in [1.82, 2.24) is 4.90 Å². The zero-order valence-corrected chi connectivity index (χ0v) is 14.8. The topological polar surface area (TPSA) is 70.7 Å². The van der Waals surface area contributed by atoms with Crippen LogP contribution in [-0.4, -0.2) is 43.5 Å². The Morgan fingerprint density at radius 1 is 1.00 bits per heavy atom. The number of anilines is 2. The Morgan fingerprint density at radius 3 is 2.19 bits per heavy atom. The molecule has 2 rings (SSSR count). The van der Waals surface area contributed by atoms with E-state index in [4.69, 9.17) is 4.74 Å². The van der Waals surface area contributed by atoms with Crippen molar-refractivity contribution in [3.8, 4) is 5.75 Å². The van der Waals surface area contributed by atoms with Crippen molar-refractivity contribution in [2.45, 2.75) is 6.92 Å². The highest BCUT2D eigenvalue weighted by Crippen LogP contribution is 2.16. The van der Waals surface area contributed by atoms with Crippen LogP contribution in [0, 0.1) is 5.82 Å². The van der Waals surface area contributed by atoms with E-state index in [1.54, 1.807) is 36.3 Å². The van der Waals surface area contributed by atoms with E-state index in [9.17, 15) is 14.0 Å². The molecule has 0 spiro atoms. The van der Waals surface area contributed by atoms with Crippen LogP contribution in [0.25, 0.3) is 0 Å². The lowest BCUT2D eigenvalue weighted by Crippen LogP contribution is -2.38. The second-order valence-corrected chi connectivity index (χ2v) is 5.64. The lowest BCUT2D eigenvalue weighted by atomic mass is 10.3. The number of carbonyl (C=O) groups is 2. The number of nitrogens with one attached hydrogen (secondary N) is 2. The van der Waals surface area contributed by atoms with Gasteiger partial charge in [0.2, 0.25) is 11.8 Å². The molecular formula is C19H22FN3O3. The molecule has 0 aliphatic carbocycles. The highest BCUT2D eigenvalue weighted by Gasteiger charge is 2.14. The van der Waals surface area contributed by atoms with E-state index in [2.05, 4.69) is 10.6 Å². The molecule has 2 aromatic carbocycles. The molecule has 2 N–H and O–H groups in total. The van der Waals surface area contributed by atoms with Gasteiger partial charge in [-0.25, -0.2) is 4.39 Å². The van der Waals surface area contributed by atoms with Crippen molar-refractivity contribution in [1.29, 1.82) is 0 Å². The minimum absolute atomic E-state index is 0.0550. The van der Waals surface area contributed by atoms with Crippen molar-refractivity contribution in [3.05, 3.63) is 54.3 Å². The molecule has 2 aromatic rings. The van der Waals surface area contributed by atoms with E-state index >= 15 is 0 Å². The molecule has 0 heterocycles. The first-order valence-electron chi connectivity index (χ1n) is 8.22. The van der Waals surface area contributed by atoms with E-state index < -0.39 is 0 Å². The van der Waals surface area contributed by atoms with Gasteiger partial charge in [0.15, 0.2) is 0 Å². The minimum atomic E-state index is -0.368. The Bertz CT molecular complexity index is 750. The van der Waals surface area contributed by atoms with Gasteiger partial charge < -0.3 is 15.4 Å². The van der Waals surface area contributed by atoms with Crippen LogP contribution >= 0.6 is 0 Å². The second-order valence-electron chi connectivity index (χ2n) is 5.64. The first-order chi connectivity index (χ1) is 12.5. The number of carbonyl (C=O) groups excluding carboxylic acids is 2. The summed E-state index contributed by atoms with van der Waals surface area (Å²) in [6, 6.07) is 12.6. The third kappa shape index (κ3) is 6.18. The lowest BCUT2D eigenvalue weighted by Gasteiger charge is -2.19. The first-order valence-corrected chi connectivity index (χ1v) is 8.22. The summed E-state index contributed by atoms with van der Waals surface area (Å²) in [6.45, 7) is 2.52. The Morgan fingerprint density at radius 2 is 1.62 bits per heavy atom. The third-order valence-corrected chi connectivity index (χ3v) is 3.66. The summed E-state index contributed by atoms with van der Waals surface area (Å²) in [4.78, 5) is 26.0. The molecule has 0 saturated carbocycles. The largest absolute Gasteiger partial charge is 0.497 e. The molecule has 6 nitrogen and oxygen atoms in total. The van der Waals surface area contributed by atoms with Gasteiger partial charge in [-0.05, 0) is 42.9 Å². The number of hydrogen-bond acceptors (Lipinski definition) is 4. The number of halogens is 1. The lowest BCUT2D eigenvalue weighted by molar-refractivity contribution is -0.119. The van der Waals surface area contributed by atoms with E-state index in [0.29, 0.717) is 23.7 Å². The van der Waals surface area contributed by atoms with Crippen molar-refractivity contribution >= 4 is 23.2 Å². The zero-order valence-electron chi connectivity index (χ0n) is 14.8. The summed E-state index contributed by atoms with van der Waals surface area (Å²) < 4.78 is 18.0.